The standard InChI is InChI=1S/C16H34N2O/c1-5-15(6-2)18(9-10-19-4)16-11-13(3)7-8-14(16)12-17/h13-16H,5-12,17H2,1-4H3. The zero-order valence-electron chi connectivity index (χ0n) is 13.4. The molecule has 0 aromatic heterocycles. The summed E-state index contributed by atoms with van der Waals surface area (Å²) in [4.78, 5) is 2.71. The molecule has 1 fully saturated rings. The normalized spacial score (nSPS) is 28.3. The molecular formula is C16H34N2O. The lowest BCUT2D eigenvalue weighted by atomic mass is 9.77. The van der Waals surface area contributed by atoms with E-state index < -0.39 is 0 Å². The van der Waals surface area contributed by atoms with Crippen molar-refractivity contribution in [2.75, 3.05) is 26.8 Å². The van der Waals surface area contributed by atoms with E-state index >= 15 is 0 Å². The largest absolute Gasteiger partial charge is 0.383 e. The molecule has 0 aromatic rings. The summed E-state index contributed by atoms with van der Waals surface area (Å²) in [6.07, 6.45) is 6.40. The van der Waals surface area contributed by atoms with E-state index in [4.69, 9.17) is 10.5 Å². The topological polar surface area (TPSA) is 38.5 Å². The predicted molar refractivity (Wildman–Crippen MR) is 82.3 cm³/mol. The molecule has 1 aliphatic rings. The first-order valence-electron chi connectivity index (χ1n) is 8.12. The Morgan fingerprint density at radius 3 is 2.47 bits per heavy atom. The average molecular weight is 270 g/mol. The Morgan fingerprint density at radius 1 is 1.26 bits per heavy atom. The minimum atomic E-state index is 0.661. The third kappa shape index (κ3) is 4.73. The van der Waals surface area contributed by atoms with E-state index in [1.807, 2.05) is 0 Å². The van der Waals surface area contributed by atoms with E-state index in [0.29, 0.717) is 18.0 Å². The van der Waals surface area contributed by atoms with Gasteiger partial charge >= 0.3 is 0 Å². The fraction of sp³-hybridized carbons (Fsp3) is 1.00. The van der Waals surface area contributed by atoms with E-state index in [9.17, 15) is 0 Å². The second kappa shape index (κ2) is 8.93. The summed E-state index contributed by atoms with van der Waals surface area (Å²) in [5, 5.41) is 0. The molecule has 0 saturated heterocycles. The van der Waals surface area contributed by atoms with Crippen molar-refractivity contribution < 1.29 is 4.74 Å². The van der Waals surface area contributed by atoms with Crippen LogP contribution in [0.2, 0.25) is 0 Å². The molecule has 0 heterocycles. The molecule has 1 aliphatic carbocycles. The summed E-state index contributed by atoms with van der Waals surface area (Å²) in [5.74, 6) is 1.51. The van der Waals surface area contributed by atoms with Crippen LogP contribution in [-0.2, 0) is 4.74 Å². The summed E-state index contributed by atoms with van der Waals surface area (Å²) in [5.41, 5.74) is 6.03. The number of hydrogen-bond acceptors (Lipinski definition) is 3. The molecule has 0 spiro atoms. The molecule has 1 rings (SSSR count). The third-order valence-electron chi connectivity index (χ3n) is 4.91. The first-order valence-corrected chi connectivity index (χ1v) is 8.12. The van der Waals surface area contributed by atoms with Crippen LogP contribution in [0.5, 0.6) is 0 Å². The molecule has 0 bridgehead atoms. The first-order chi connectivity index (χ1) is 9.17. The lowest BCUT2D eigenvalue weighted by Crippen LogP contribution is -2.51. The molecule has 3 nitrogen and oxygen atoms in total. The summed E-state index contributed by atoms with van der Waals surface area (Å²) >= 11 is 0. The van der Waals surface area contributed by atoms with Crippen LogP contribution in [-0.4, -0.2) is 43.8 Å². The van der Waals surface area contributed by atoms with Gasteiger partial charge in [0.25, 0.3) is 0 Å². The van der Waals surface area contributed by atoms with Gasteiger partial charge in [-0.15, -0.1) is 0 Å². The second-order valence-electron chi connectivity index (χ2n) is 6.18. The molecule has 1 saturated carbocycles. The van der Waals surface area contributed by atoms with Crippen molar-refractivity contribution in [2.45, 2.75) is 65.0 Å². The highest BCUT2D eigenvalue weighted by molar-refractivity contribution is 4.89. The first kappa shape index (κ1) is 16.9. The van der Waals surface area contributed by atoms with Crippen LogP contribution < -0.4 is 5.73 Å². The van der Waals surface area contributed by atoms with Gasteiger partial charge < -0.3 is 10.5 Å². The quantitative estimate of drug-likeness (QED) is 0.737. The Balaban J connectivity index is 2.79. The summed E-state index contributed by atoms with van der Waals surface area (Å²) in [7, 11) is 1.80. The molecule has 0 aliphatic heterocycles. The highest BCUT2D eigenvalue weighted by Crippen LogP contribution is 2.33. The second-order valence-corrected chi connectivity index (χ2v) is 6.18. The molecule has 3 unspecified atom stereocenters. The van der Waals surface area contributed by atoms with Crippen molar-refractivity contribution in [1.29, 1.82) is 0 Å². The van der Waals surface area contributed by atoms with Crippen LogP contribution in [0, 0.1) is 11.8 Å². The molecule has 114 valence electrons. The number of rotatable bonds is 8. The van der Waals surface area contributed by atoms with Crippen molar-refractivity contribution in [3.8, 4) is 0 Å². The van der Waals surface area contributed by atoms with Gasteiger partial charge in [0.2, 0.25) is 0 Å². The number of hydrogen-bond donors (Lipinski definition) is 1. The van der Waals surface area contributed by atoms with Crippen LogP contribution in [0.15, 0.2) is 0 Å². The highest BCUT2D eigenvalue weighted by Gasteiger charge is 2.34. The maximum absolute atomic E-state index is 6.03. The van der Waals surface area contributed by atoms with E-state index in [2.05, 4.69) is 25.7 Å². The SMILES string of the molecule is CCC(CC)N(CCOC)C1CC(C)CCC1CN. The van der Waals surface area contributed by atoms with Crippen molar-refractivity contribution in [2.24, 2.45) is 17.6 Å². The molecule has 0 amide bonds. The van der Waals surface area contributed by atoms with Crippen LogP contribution in [0.3, 0.4) is 0 Å². The minimum Gasteiger partial charge on any atom is -0.383 e. The number of nitrogens with zero attached hydrogens (tertiary/aromatic N) is 1. The van der Waals surface area contributed by atoms with Crippen LogP contribution >= 0.6 is 0 Å². The zero-order chi connectivity index (χ0) is 14.3. The van der Waals surface area contributed by atoms with Crippen LogP contribution in [0.25, 0.3) is 0 Å². The Labute approximate surface area is 119 Å². The number of methoxy groups -OCH3 is 1. The molecule has 3 atom stereocenters. The van der Waals surface area contributed by atoms with Gasteiger partial charge in [0.15, 0.2) is 0 Å². The third-order valence-corrected chi connectivity index (χ3v) is 4.91. The molecule has 19 heavy (non-hydrogen) atoms. The fourth-order valence-corrected chi connectivity index (χ4v) is 3.67. The van der Waals surface area contributed by atoms with Crippen LogP contribution in [0.1, 0.15) is 52.9 Å². The zero-order valence-corrected chi connectivity index (χ0v) is 13.4. The van der Waals surface area contributed by atoms with E-state index in [-0.39, 0.29) is 0 Å². The van der Waals surface area contributed by atoms with Crippen molar-refractivity contribution >= 4 is 0 Å². The lowest BCUT2D eigenvalue weighted by molar-refractivity contribution is 0.0254. The van der Waals surface area contributed by atoms with E-state index in [1.54, 1.807) is 7.11 Å². The van der Waals surface area contributed by atoms with Gasteiger partial charge in [-0.25, -0.2) is 0 Å². The van der Waals surface area contributed by atoms with Crippen LogP contribution in [0.4, 0.5) is 0 Å². The lowest BCUT2D eigenvalue weighted by Gasteiger charge is -2.45. The van der Waals surface area contributed by atoms with E-state index in [1.165, 1.54) is 32.1 Å². The Morgan fingerprint density at radius 2 is 1.95 bits per heavy atom. The smallest absolute Gasteiger partial charge is 0.0589 e. The summed E-state index contributed by atoms with van der Waals surface area (Å²) in [6, 6.07) is 1.34. The maximum atomic E-state index is 6.03. The van der Waals surface area contributed by atoms with Gasteiger partial charge in [-0.3, -0.25) is 4.90 Å². The van der Waals surface area contributed by atoms with Gasteiger partial charge in [-0.05, 0) is 44.1 Å². The van der Waals surface area contributed by atoms with Crippen molar-refractivity contribution in [3.63, 3.8) is 0 Å². The van der Waals surface area contributed by atoms with Gasteiger partial charge in [-0.2, -0.15) is 0 Å². The van der Waals surface area contributed by atoms with Gasteiger partial charge in [0.1, 0.15) is 0 Å². The number of ether oxygens (including phenoxy) is 1. The Hall–Kier alpha value is -0.120. The molecule has 3 heteroatoms. The molecule has 0 radical (unpaired) electrons. The summed E-state index contributed by atoms with van der Waals surface area (Å²) < 4.78 is 5.33. The van der Waals surface area contributed by atoms with Gasteiger partial charge in [0, 0.05) is 25.7 Å². The van der Waals surface area contributed by atoms with Crippen molar-refractivity contribution in [1.82, 2.24) is 4.90 Å². The highest BCUT2D eigenvalue weighted by atomic mass is 16.5. The minimum absolute atomic E-state index is 0.661. The Bertz CT molecular complexity index is 231. The van der Waals surface area contributed by atoms with E-state index in [0.717, 1.165) is 25.6 Å². The monoisotopic (exact) mass is 270 g/mol. The van der Waals surface area contributed by atoms with Gasteiger partial charge in [0.05, 0.1) is 6.61 Å². The Kier molecular flexibility index (Phi) is 7.96. The van der Waals surface area contributed by atoms with Crippen molar-refractivity contribution in [3.05, 3.63) is 0 Å². The molecule has 0 aromatic carbocycles. The predicted octanol–water partition coefficient (Wildman–Crippen LogP) is 2.89. The molecular weight excluding hydrogens is 236 g/mol. The average Bonchev–Trinajstić information content (AvgIpc) is 2.43. The van der Waals surface area contributed by atoms with Gasteiger partial charge in [-0.1, -0.05) is 27.2 Å². The number of nitrogens with two attached hydrogens (primary N) is 1. The maximum Gasteiger partial charge on any atom is 0.0589 e. The molecule has 2 N–H and O–H groups in total. The summed E-state index contributed by atoms with van der Waals surface area (Å²) in [6.45, 7) is 9.72. The fourth-order valence-electron chi connectivity index (χ4n) is 3.67.